The predicted molar refractivity (Wildman–Crippen MR) is 88.0 cm³/mol. The van der Waals surface area contributed by atoms with Crippen LogP contribution >= 0.6 is 11.6 Å². The van der Waals surface area contributed by atoms with Gasteiger partial charge in [0.15, 0.2) is 0 Å². The Hall–Kier alpha value is -2.44. The van der Waals surface area contributed by atoms with Gasteiger partial charge in [0.2, 0.25) is 0 Å². The molecule has 2 nitrogen and oxygen atoms in total. The van der Waals surface area contributed by atoms with Crippen molar-refractivity contribution in [1.29, 1.82) is 0 Å². The fourth-order valence-corrected chi connectivity index (χ4v) is 2.41. The molecule has 1 heterocycles. The molecule has 0 radical (unpaired) electrons. The molecular weight excluding hydrogens is 280 g/mol. The zero-order valence-corrected chi connectivity index (χ0v) is 11.9. The maximum absolute atomic E-state index is 6.19. The highest BCUT2D eigenvalue weighted by Gasteiger charge is 2.22. The number of fused-ring (bicyclic) bond motifs is 1. The molecule has 0 N–H and O–H groups in total. The van der Waals surface area contributed by atoms with E-state index in [1.165, 1.54) is 0 Å². The van der Waals surface area contributed by atoms with E-state index in [1.54, 1.807) is 12.3 Å². The molecule has 0 aliphatic heterocycles. The Kier molecular flexibility index (Phi) is 3.81. The molecule has 1 aromatic heterocycles. The second-order valence-corrected chi connectivity index (χ2v) is 4.92. The molecule has 0 saturated heterocycles. The number of halogens is 1. The minimum absolute atomic E-state index is 0.550. The van der Waals surface area contributed by atoms with Crippen LogP contribution in [0, 0.1) is 12.2 Å². The van der Waals surface area contributed by atoms with Crippen molar-refractivity contribution in [1.82, 2.24) is 4.98 Å². The van der Waals surface area contributed by atoms with E-state index in [2.05, 4.69) is 10.8 Å². The fourth-order valence-electron chi connectivity index (χ4n) is 2.17. The molecule has 0 unspecified atom stereocenters. The van der Waals surface area contributed by atoms with Crippen molar-refractivity contribution in [2.75, 3.05) is 0 Å². The maximum atomic E-state index is 6.19. The lowest BCUT2D eigenvalue weighted by atomic mass is 9.62. The van der Waals surface area contributed by atoms with E-state index in [0.29, 0.717) is 10.8 Å². The lowest BCUT2D eigenvalue weighted by Crippen LogP contribution is -2.36. The molecule has 21 heavy (non-hydrogen) atoms. The SMILES string of the molecule is C#CB(Oc1cccc2cccnc12)c1ccccc1Cl. The van der Waals surface area contributed by atoms with Gasteiger partial charge in [-0.05, 0) is 23.7 Å². The van der Waals surface area contributed by atoms with E-state index in [4.69, 9.17) is 22.7 Å². The number of pyridine rings is 1. The molecule has 0 fully saturated rings. The highest BCUT2D eigenvalue weighted by atomic mass is 35.5. The van der Waals surface area contributed by atoms with E-state index >= 15 is 0 Å². The fraction of sp³-hybridized carbons (Fsp3) is 0. The smallest absolute Gasteiger partial charge is 0.481 e. The van der Waals surface area contributed by atoms with Gasteiger partial charge in [-0.1, -0.05) is 48.0 Å². The van der Waals surface area contributed by atoms with Gasteiger partial charge in [-0.2, -0.15) is 0 Å². The van der Waals surface area contributed by atoms with E-state index < -0.39 is 6.92 Å². The lowest BCUT2D eigenvalue weighted by molar-refractivity contribution is 0.598. The second kappa shape index (κ2) is 5.91. The number of aromatic nitrogens is 1. The Morgan fingerprint density at radius 3 is 2.67 bits per heavy atom. The maximum Gasteiger partial charge on any atom is 0.481 e. The van der Waals surface area contributed by atoms with E-state index in [0.717, 1.165) is 16.4 Å². The predicted octanol–water partition coefficient (Wildman–Crippen LogP) is 3.34. The van der Waals surface area contributed by atoms with Crippen LogP contribution in [-0.4, -0.2) is 11.9 Å². The molecule has 3 aromatic rings. The number of hydrogen-bond donors (Lipinski definition) is 0. The third-order valence-corrected chi connectivity index (χ3v) is 3.52. The van der Waals surface area contributed by atoms with Gasteiger partial charge in [0.1, 0.15) is 11.3 Å². The summed E-state index contributed by atoms with van der Waals surface area (Å²) in [5.41, 5.74) is 1.56. The Labute approximate surface area is 128 Å². The Balaban J connectivity index is 2.01. The number of terminal acetylenes is 1. The van der Waals surface area contributed by atoms with Crippen molar-refractivity contribution in [2.24, 2.45) is 0 Å². The highest BCUT2D eigenvalue weighted by molar-refractivity contribution is 6.77. The van der Waals surface area contributed by atoms with Crippen LogP contribution in [0.25, 0.3) is 10.9 Å². The molecule has 0 saturated carbocycles. The number of para-hydroxylation sites is 1. The van der Waals surface area contributed by atoms with Gasteiger partial charge in [0.05, 0.1) is 0 Å². The molecule has 3 rings (SSSR count). The van der Waals surface area contributed by atoms with Crippen LogP contribution in [0.3, 0.4) is 0 Å². The van der Waals surface area contributed by atoms with Crippen molar-refractivity contribution in [2.45, 2.75) is 0 Å². The summed E-state index contributed by atoms with van der Waals surface area (Å²) < 4.78 is 5.96. The first-order valence-corrected chi connectivity index (χ1v) is 6.88. The van der Waals surface area contributed by atoms with Gasteiger partial charge < -0.3 is 4.65 Å². The average Bonchev–Trinajstić information content (AvgIpc) is 2.53. The summed E-state index contributed by atoms with van der Waals surface area (Å²) in [5.74, 6) is 3.29. The number of nitrogens with zero attached hydrogens (tertiary/aromatic N) is 1. The minimum Gasteiger partial charge on any atom is -0.544 e. The van der Waals surface area contributed by atoms with Gasteiger partial charge in [0, 0.05) is 16.6 Å². The first-order valence-electron chi connectivity index (χ1n) is 6.50. The van der Waals surface area contributed by atoms with E-state index in [9.17, 15) is 0 Å². The molecule has 2 aromatic carbocycles. The van der Waals surface area contributed by atoms with Crippen molar-refractivity contribution < 1.29 is 4.65 Å². The molecule has 0 bridgehead atoms. The minimum atomic E-state index is -0.550. The van der Waals surface area contributed by atoms with Crippen LogP contribution in [0.15, 0.2) is 60.8 Å². The van der Waals surface area contributed by atoms with E-state index in [-0.39, 0.29) is 0 Å². The largest absolute Gasteiger partial charge is 0.544 e. The molecule has 0 aliphatic carbocycles. The van der Waals surface area contributed by atoms with Gasteiger partial charge in [0.25, 0.3) is 0 Å². The normalized spacial score (nSPS) is 10.1. The monoisotopic (exact) mass is 291 g/mol. The molecule has 0 amide bonds. The van der Waals surface area contributed by atoms with Gasteiger partial charge in [-0.15, -0.1) is 12.2 Å². The summed E-state index contributed by atoms with van der Waals surface area (Å²) in [4.78, 5) is 4.36. The van der Waals surface area contributed by atoms with Crippen LogP contribution in [-0.2, 0) is 0 Å². The molecule has 4 heteroatoms. The van der Waals surface area contributed by atoms with Crippen molar-refractivity contribution in [3.05, 3.63) is 65.8 Å². The average molecular weight is 292 g/mol. The quantitative estimate of drug-likeness (QED) is 0.545. The third-order valence-electron chi connectivity index (χ3n) is 3.18. The van der Waals surface area contributed by atoms with Crippen LogP contribution in [0.2, 0.25) is 5.02 Å². The first-order chi connectivity index (χ1) is 10.3. The lowest BCUT2D eigenvalue weighted by Gasteiger charge is -2.13. The van der Waals surface area contributed by atoms with Crippen LogP contribution in [0.5, 0.6) is 5.75 Å². The summed E-state index contributed by atoms with van der Waals surface area (Å²) >= 11 is 6.19. The summed E-state index contributed by atoms with van der Waals surface area (Å²) in [6, 6.07) is 17.0. The third kappa shape index (κ3) is 2.72. The molecule has 100 valence electrons. The Morgan fingerprint density at radius 1 is 1.05 bits per heavy atom. The first kappa shape index (κ1) is 13.5. The van der Waals surface area contributed by atoms with Crippen LogP contribution < -0.4 is 10.1 Å². The van der Waals surface area contributed by atoms with Gasteiger partial charge in [-0.25, -0.2) is 0 Å². The zero-order chi connectivity index (χ0) is 14.7. The molecule has 0 atom stereocenters. The van der Waals surface area contributed by atoms with Crippen molar-refractivity contribution in [3.8, 4) is 18.0 Å². The summed E-state index contributed by atoms with van der Waals surface area (Å²) in [6.45, 7) is -0.550. The van der Waals surface area contributed by atoms with Gasteiger partial charge >= 0.3 is 6.92 Å². The number of rotatable bonds is 3. The van der Waals surface area contributed by atoms with Crippen LogP contribution in [0.1, 0.15) is 0 Å². The van der Waals surface area contributed by atoms with Crippen molar-refractivity contribution in [3.63, 3.8) is 0 Å². The zero-order valence-electron chi connectivity index (χ0n) is 11.2. The Morgan fingerprint density at radius 2 is 1.86 bits per heavy atom. The van der Waals surface area contributed by atoms with Gasteiger partial charge in [-0.3, -0.25) is 4.98 Å². The van der Waals surface area contributed by atoms with Crippen molar-refractivity contribution >= 4 is 34.9 Å². The highest BCUT2D eigenvalue weighted by Crippen LogP contribution is 2.23. The summed E-state index contributed by atoms with van der Waals surface area (Å²) in [6.07, 6.45) is 7.34. The van der Waals surface area contributed by atoms with E-state index in [1.807, 2.05) is 48.5 Å². The summed E-state index contributed by atoms with van der Waals surface area (Å²) in [7, 11) is 0. The topological polar surface area (TPSA) is 22.1 Å². The number of hydrogen-bond acceptors (Lipinski definition) is 2. The second-order valence-electron chi connectivity index (χ2n) is 4.52. The standard InChI is InChI=1S/C17H11BClNO/c1-2-18(14-9-3-4-10-15(14)19)21-16-11-5-7-13-8-6-12-20-17(13)16/h1,3-12H. The summed E-state index contributed by atoms with van der Waals surface area (Å²) in [5, 5.41) is 1.60. The Bertz CT molecular complexity index is 823. The number of benzene rings is 2. The molecule has 0 aliphatic rings. The molecule has 0 spiro atoms. The molecular formula is C17H11BClNO. The van der Waals surface area contributed by atoms with Crippen LogP contribution in [0.4, 0.5) is 0 Å².